The highest BCUT2D eigenvalue weighted by molar-refractivity contribution is 7.99. The second-order valence-corrected chi connectivity index (χ2v) is 6.63. The molecule has 2 heterocycles. The third-order valence-electron chi connectivity index (χ3n) is 3.52. The van der Waals surface area contributed by atoms with Crippen LogP contribution in [0.5, 0.6) is 0 Å². The highest BCUT2D eigenvalue weighted by Gasteiger charge is 2.16. The van der Waals surface area contributed by atoms with Gasteiger partial charge < -0.3 is 10.3 Å². The molecule has 0 aliphatic carbocycles. The average molecular weight is 362 g/mol. The summed E-state index contributed by atoms with van der Waals surface area (Å²) in [6.45, 7) is 0. The van der Waals surface area contributed by atoms with Crippen molar-refractivity contribution >= 4 is 29.3 Å². The predicted octanol–water partition coefficient (Wildman–Crippen LogP) is 2.43. The number of halogens is 1. The smallest absolute Gasteiger partial charge is 0.227 e. The Kier molecular flexibility index (Phi) is 4.92. The summed E-state index contributed by atoms with van der Waals surface area (Å²) in [6, 6.07) is 11.4. The maximum atomic E-state index is 11.1. The molecule has 0 saturated carbocycles. The zero-order valence-corrected chi connectivity index (χ0v) is 14.6. The molecular weight excluding hydrogens is 346 g/mol. The van der Waals surface area contributed by atoms with Crippen LogP contribution in [0.2, 0.25) is 5.02 Å². The van der Waals surface area contributed by atoms with Gasteiger partial charge in [-0.2, -0.15) is 0 Å². The van der Waals surface area contributed by atoms with Crippen molar-refractivity contribution < 1.29 is 4.79 Å². The van der Waals surface area contributed by atoms with E-state index in [1.807, 2.05) is 58.8 Å². The lowest BCUT2D eigenvalue weighted by Gasteiger charge is -2.10. The van der Waals surface area contributed by atoms with Gasteiger partial charge in [0.15, 0.2) is 5.16 Å². The topological polar surface area (TPSA) is 78.7 Å². The summed E-state index contributed by atoms with van der Waals surface area (Å²) in [6.07, 6.45) is 2.61. The molecule has 124 valence electrons. The number of benzene rings is 1. The van der Waals surface area contributed by atoms with Gasteiger partial charge in [-0.15, -0.1) is 10.2 Å². The molecule has 0 atom stereocenters. The van der Waals surface area contributed by atoms with E-state index in [1.54, 1.807) is 0 Å². The van der Waals surface area contributed by atoms with Crippen LogP contribution in [-0.2, 0) is 18.3 Å². The third kappa shape index (κ3) is 3.63. The average Bonchev–Trinajstić information content (AvgIpc) is 3.13. The molecule has 0 saturated heterocycles. The zero-order valence-electron chi connectivity index (χ0n) is 13.0. The number of hydrogen-bond donors (Lipinski definition) is 1. The molecule has 0 aliphatic heterocycles. The lowest BCUT2D eigenvalue weighted by atomic mass is 10.2. The molecule has 0 bridgehead atoms. The van der Waals surface area contributed by atoms with Gasteiger partial charge in [-0.05, 0) is 36.4 Å². The first-order chi connectivity index (χ1) is 11.5. The molecule has 2 N–H and O–H groups in total. The number of carbonyl (C=O) groups is 1. The molecule has 24 heavy (non-hydrogen) atoms. The number of amides is 1. The van der Waals surface area contributed by atoms with Crippen molar-refractivity contribution in [3.63, 3.8) is 0 Å². The van der Waals surface area contributed by atoms with Crippen LogP contribution in [0.4, 0.5) is 0 Å². The van der Waals surface area contributed by atoms with Crippen molar-refractivity contribution in [1.82, 2.24) is 19.3 Å². The molecule has 1 aromatic carbocycles. The summed E-state index contributed by atoms with van der Waals surface area (Å²) in [7, 11) is 1.99. The van der Waals surface area contributed by atoms with Crippen LogP contribution in [0.25, 0.3) is 5.69 Å². The van der Waals surface area contributed by atoms with Crippen LogP contribution in [0, 0.1) is 0 Å². The minimum atomic E-state index is -0.394. The van der Waals surface area contributed by atoms with E-state index in [9.17, 15) is 4.79 Å². The molecule has 0 aliphatic rings. The van der Waals surface area contributed by atoms with Crippen LogP contribution in [-0.4, -0.2) is 31.0 Å². The normalized spacial score (nSPS) is 10.9. The number of aryl methyl sites for hydroxylation is 1. The van der Waals surface area contributed by atoms with Gasteiger partial charge >= 0.3 is 0 Å². The Hall–Kier alpha value is -2.25. The standard InChI is InChI=1S/C16H16ClN5OS/c1-21-8-2-3-13(21)9-15-19-20-16(24-10-14(18)23)22(15)12-6-4-11(17)5-7-12/h2-8H,9-10H2,1H3,(H2,18,23). The maximum Gasteiger partial charge on any atom is 0.227 e. The minimum Gasteiger partial charge on any atom is -0.369 e. The van der Waals surface area contributed by atoms with Gasteiger partial charge in [0.05, 0.1) is 5.75 Å². The molecule has 0 fully saturated rings. The number of rotatable bonds is 6. The summed E-state index contributed by atoms with van der Waals surface area (Å²) < 4.78 is 3.97. The van der Waals surface area contributed by atoms with Gasteiger partial charge in [0, 0.05) is 36.1 Å². The molecule has 0 unspecified atom stereocenters. The Morgan fingerprint density at radius 2 is 2.00 bits per heavy atom. The fourth-order valence-electron chi connectivity index (χ4n) is 2.34. The number of nitrogens with zero attached hydrogens (tertiary/aromatic N) is 4. The minimum absolute atomic E-state index is 0.149. The summed E-state index contributed by atoms with van der Waals surface area (Å²) >= 11 is 7.25. The summed E-state index contributed by atoms with van der Waals surface area (Å²) in [5.41, 5.74) is 7.25. The van der Waals surface area contributed by atoms with Crippen LogP contribution in [0.1, 0.15) is 11.5 Å². The number of thioether (sulfide) groups is 1. The number of primary amides is 1. The van der Waals surface area contributed by atoms with E-state index in [-0.39, 0.29) is 5.75 Å². The van der Waals surface area contributed by atoms with Crippen LogP contribution in [0.15, 0.2) is 47.8 Å². The number of hydrogen-bond acceptors (Lipinski definition) is 4. The van der Waals surface area contributed by atoms with Gasteiger partial charge in [0.25, 0.3) is 0 Å². The van der Waals surface area contributed by atoms with Gasteiger partial charge in [0.2, 0.25) is 5.91 Å². The SMILES string of the molecule is Cn1cccc1Cc1nnc(SCC(N)=O)n1-c1ccc(Cl)cc1. The summed E-state index contributed by atoms with van der Waals surface area (Å²) in [5.74, 6) is 0.538. The van der Waals surface area contributed by atoms with E-state index in [4.69, 9.17) is 17.3 Å². The van der Waals surface area contributed by atoms with E-state index in [2.05, 4.69) is 10.2 Å². The Morgan fingerprint density at radius 1 is 1.25 bits per heavy atom. The lowest BCUT2D eigenvalue weighted by Crippen LogP contribution is -2.14. The zero-order chi connectivity index (χ0) is 17.1. The largest absolute Gasteiger partial charge is 0.369 e. The molecule has 2 aromatic heterocycles. The summed E-state index contributed by atoms with van der Waals surface area (Å²) in [5, 5.41) is 9.81. The molecule has 0 radical (unpaired) electrons. The molecule has 6 nitrogen and oxygen atoms in total. The Morgan fingerprint density at radius 3 is 2.62 bits per heavy atom. The number of aromatic nitrogens is 4. The van der Waals surface area contributed by atoms with Crippen molar-refractivity contribution in [1.29, 1.82) is 0 Å². The van der Waals surface area contributed by atoms with Crippen molar-refractivity contribution in [2.24, 2.45) is 12.8 Å². The first-order valence-electron chi connectivity index (χ1n) is 7.26. The molecule has 3 rings (SSSR count). The Balaban J connectivity index is 2.00. The van der Waals surface area contributed by atoms with Crippen LogP contribution in [0.3, 0.4) is 0 Å². The van der Waals surface area contributed by atoms with E-state index in [0.717, 1.165) is 17.2 Å². The fraction of sp³-hybridized carbons (Fsp3) is 0.188. The number of nitrogens with two attached hydrogens (primary N) is 1. The lowest BCUT2D eigenvalue weighted by molar-refractivity contribution is -0.115. The Labute approximate surface area is 148 Å². The van der Waals surface area contributed by atoms with Crippen LogP contribution >= 0.6 is 23.4 Å². The molecular formula is C16H16ClN5OS. The molecule has 0 spiro atoms. The second-order valence-electron chi connectivity index (χ2n) is 5.25. The second kappa shape index (κ2) is 7.11. The van der Waals surface area contributed by atoms with Gasteiger partial charge in [-0.3, -0.25) is 9.36 Å². The van der Waals surface area contributed by atoms with E-state index in [0.29, 0.717) is 16.6 Å². The van der Waals surface area contributed by atoms with Gasteiger partial charge in [0.1, 0.15) is 5.82 Å². The predicted molar refractivity (Wildman–Crippen MR) is 94.5 cm³/mol. The monoisotopic (exact) mass is 361 g/mol. The van der Waals surface area contributed by atoms with E-state index >= 15 is 0 Å². The summed E-state index contributed by atoms with van der Waals surface area (Å²) in [4.78, 5) is 11.1. The quantitative estimate of drug-likeness (QED) is 0.684. The van der Waals surface area contributed by atoms with Crippen molar-refractivity contribution in [2.75, 3.05) is 5.75 Å². The third-order valence-corrected chi connectivity index (χ3v) is 4.72. The highest BCUT2D eigenvalue weighted by atomic mass is 35.5. The van der Waals surface area contributed by atoms with Crippen LogP contribution < -0.4 is 5.73 Å². The highest BCUT2D eigenvalue weighted by Crippen LogP contribution is 2.24. The van der Waals surface area contributed by atoms with E-state index < -0.39 is 5.91 Å². The fourth-order valence-corrected chi connectivity index (χ4v) is 3.17. The van der Waals surface area contributed by atoms with Crippen molar-refractivity contribution in [2.45, 2.75) is 11.6 Å². The Bertz CT molecular complexity index is 856. The molecule has 8 heteroatoms. The first kappa shape index (κ1) is 16.6. The van der Waals surface area contributed by atoms with Gasteiger partial charge in [-0.25, -0.2) is 0 Å². The maximum absolute atomic E-state index is 11.1. The van der Waals surface area contributed by atoms with Gasteiger partial charge in [-0.1, -0.05) is 23.4 Å². The van der Waals surface area contributed by atoms with Crippen molar-refractivity contribution in [3.05, 3.63) is 59.1 Å². The van der Waals surface area contributed by atoms with E-state index in [1.165, 1.54) is 11.8 Å². The first-order valence-corrected chi connectivity index (χ1v) is 8.62. The molecule has 1 amide bonds. The van der Waals surface area contributed by atoms with Crippen molar-refractivity contribution in [3.8, 4) is 5.69 Å². The number of carbonyl (C=O) groups excluding carboxylic acids is 1. The molecule has 3 aromatic rings.